The van der Waals surface area contributed by atoms with Crippen molar-refractivity contribution in [1.82, 2.24) is 0 Å². The molecule has 3 rings (SSSR count). The van der Waals surface area contributed by atoms with Gasteiger partial charge in [-0.2, -0.15) is 0 Å². The molecule has 3 aromatic carbocycles. The third-order valence-corrected chi connectivity index (χ3v) is 3.74. The summed E-state index contributed by atoms with van der Waals surface area (Å²) in [6.07, 6.45) is 0. The summed E-state index contributed by atoms with van der Waals surface area (Å²) >= 11 is 0. The SMILES string of the molecule is CCOc1ccc(Oc2ccc(OCc3ccccc3)cc2)c([N+](=O)[O-])c1. The van der Waals surface area contributed by atoms with E-state index in [-0.39, 0.29) is 11.4 Å². The van der Waals surface area contributed by atoms with Crippen molar-refractivity contribution in [2.75, 3.05) is 6.61 Å². The van der Waals surface area contributed by atoms with Gasteiger partial charge in [0.05, 0.1) is 17.6 Å². The van der Waals surface area contributed by atoms with Crippen LogP contribution in [0, 0.1) is 10.1 Å². The zero-order valence-corrected chi connectivity index (χ0v) is 14.8. The first-order chi connectivity index (χ1) is 13.2. The number of rotatable bonds is 8. The Bertz CT molecular complexity index is 894. The summed E-state index contributed by atoms with van der Waals surface area (Å²) < 4.78 is 16.7. The molecule has 6 heteroatoms. The van der Waals surface area contributed by atoms with Crippen LogP contribution in [0.15, 0.2) is 72.8 Å². The predicted molar refractivity (Wildman–Crippen MR) is 102 cm³/mol. The van der Waals surface area contributed by atoms with Crippen molar-refractivity contribution in [3.8, 4) is 23.0 Å². The number of nitro groups is 1. The van der Waals surface area contributed by atoms with Gasteiger partial charge in [-0.15, -0.1) is 0 Å². The summed E-state index contributed by atoms with van der Waals surface area (Å²) in [6, 6.07) is 21.3. The molecule has 0 aliphatic heterocycles. The molecule has 27 heavy (non-hydrogen) atoms. The molecule has 0 spiro atoms. The van der Waals surface area contributed by atoms with Crippen molar-refractivity contribution in [3.05, 3.63) is 88.5 Å². The fourth-order valence-corrected chi connectivity index (χ4v) is 2.45. The van der Waals surface area contributed by atoms with Gasteiger partial charge >= 0.3 is 5.69 Å². The average molecular weight is 365 g/mol. The van der Waals surface area contributed by atoms with E-state index in [1.807, 2.05) is 37.3 Å². The Balaban J connectivity index is 1.68. The summed E-state index contributed by atoms with van der Waals surface area (Å²) in [7, 11) is 0. The highest BCUT2D eigenvalue weighted by atomic mass is 16.6. The van der Waals surface area contributed by atoms with E-state index in [2.05, 4.69) is 0 Å². The maximum atomic E-state index is 11.3. The highest BCUT2D eigenvalue weighted by molar-refractivity contribution is 5.52. The van der Waals surface area contributed by atoms with Crippen LogP contribution >= 0.6 is 0 Å². The van der Waals surface area contributed by atoms with E-state index in [1.54, 1.807) is 30.3 Å². The van der Waals surface area contributed by atoms with Crippen LogP contribution in [0.5, 0.6) is 23.0 Å². The Labute approximate surface area is 157 Å². The first-order valence-electron chi connectivity index (χ1n) is 8.51. The molecule has 0 fully saturated rings. The van der Waals surface area contributed by atoms with E-state index in [0.29, 0.717) is 30.5 Å². The van der Waals surface area contributed by atoms with Gasteiger partial charge in [0.1, 0.15) is 23.9 Å². The lowest BCUT2D eigenvalue weighted by molar-refractivity contribution is -0.385. The standard InChI is InChI=1S/C21H19NO5/c1-2-25-19-12-13-21(20(14-19)22(23)24)27-18-10-8-17(9-11-18)26-15-16-6-4-3-5-7-16/h3-14H,2,15H2,1H3. The van der Waals surface area contributed by atoms with Crippen molar-refractivity contribution < 1.29 is 19.1 Å². The second-order valence-corrected chi connectivity index (χ2v) is 5.67. The van der Waals surface area contributed by atoms with Gasteiger partial charge in [-0.1, -0.05) is 30.3 Å². The maximum Gasteiger partial charge on any atom is 0.315 e. The zero-order valence-electron chi connectivity index (χ0n) is 14.8. The number of hydrogen-bond acceptors (Lipinski definition) is 5. The zero-order chi connectivity index (χ0) is 19.1. The Hall–Kier alpha value is -3.54. The van der Waals surface area contributed by atoms with E-state index < -0.39 is 4.92 Å². The van der Waals surface area contributed by atoms with Crippen molar-refractivity contribution in [2.24, 2.45) is 0 Å². The highest BCUT2D eigenvalue weighted by Crippen LogP contribution is 2.35. The third kappa shape index (κ3) is 4.98. The van der Waals surface area contributed by atoms with E-state index in [0.717, 1.165) is 5.56 Å². The minimum atomic E-state index is -0.491. The molecule has 0 saturated heterocycles. The number of ether oxygens (including phenoxy) is 3. The van der Waals surface area contributed by atoms with Crippen molar-refractivity contribution >= 4 is 5.69 Å². The molecule has 0 atom stereocenters. The van der Waals surface area contributed by atoms with E-state index in [4.69, 9.17) is 14.2 Å². The summed E-state index contributed by atoms with van der Waals surface area (Å²) in [5.41, 5.74) is 0.924. The summed E-state index contributed by atoms with van der Waals surface area (Å²) in [5.74, 6) is 1.75. The van der Waals surface area contributed by atoms with Crippen molar-refractivity contribution in [2.45, 2.75) is 13.5 Å². The lowest BCUT2D eigenvalue weighted by Crippen LogP contribution is -1.97. The first-order valence-corrected chi connectivity index (χ1v) is 8.51. The van der Waals surface area contributed by atoms with Gasteiger partial charge < -0.3 is 14.2 Å². The van der Waals surface area contributed by atoms with Gasteiger partial charge in [0.25, 0.3) is 0 Å². The number of benzene rings is 3. The summed E-state index contributed by atoms with van der Waals surface area (Å²) in [6.45, 7) is 2.71. The molecular formula is C21H19NO5. The molecule has 0 saturated carbocycles. The van der Waals surface area contributed by atoms with Crippen LogP contribution in [-0.2, 0) is 6.61 Å². The monoisotopic (exact) mass is 365 g/mol. The van der Waals surface area contributed by atoms with Gasteiger partial charge in [0.2, 0.25) is 5.75 Å². The van der Waals surface area contributed by atoms with Crippen LogP contribution in [0.2, 0.25) is 0 Å². The fourth-order valence-electron chi connectivity index (χ4n) is 2.45. The second kappa shape index (κ2) is 8.71. The minimum Gasteiger partial charge on any atom is -0.494 e. The maximum absolute atomic E-state index is 11.3. The quantitative estimate of drug-likeness (QED) is 0.397. The summed E-state index contributed by atoms with van der Waals surface area (Å²) in [4.78, 5) is 10.8. The molecule has 3 aromatic rings. The van der Waals surface area contributed by atoms with E-state index in [9.17, 15) is 10.1 Å². The van der Waals surface area contributed by atoms with E-state index >= 15 is 0 Å². The van der Waals surface area contributed by atoms with Gasteiger partial charge in [0.15, 0.2) is 0 Å². The Kier molecular flexibility index (Phi) is 5.89. The van der Waals surface area contributed by atoms with Crippen molar-refractivity contribution in [1.29, 1.82) is 0 Å². The smallest absolute Gasteiger partial charge is 0.315 e. The number of nitrogens with zero attached hydrogens (tertiary/aromatic N) is 1. The minimum absolute atomic E-state index is 0.148. The van der Waals surface area contributed by atoms with Crippen molar-refractivity contribution in [3.63, 3.8) is 0 Å². The van der Waals surface area contributed by atoms with Gasteiger partial charge in [-0.25, -0.2) is 0 Å². The molecule has 0 aliphatic carbocycles. The molecule has 6 nitrogen and oxygen atoms in total. The topological polar surface area (TPSA) is 70.8 Å². The largest absolute Gasteiger partial charge is 0.494 e. The molecule has 0 radical (unpaired) electrons. The fraction of sp³-hybridized carbons (Fsp3) is 0.143. The average Bonchev–Trinajstić information content (AvgIpc) is 2.69. The normalized spacial score (nSPS) is 10.3. The Morgan fingerprint density at radius 2 is 1.52 bits per heavy atom. The molecule has 0 aromatic heterocycles. The molecule has 0 unspecified atom stereocenters. The Morgan fingerprint density at radius 1 is 0.852 bits per heavy atom. The molecule has 0 N–H and O–H groups in total. The van der Waals surface area contributed by atoms with Crippen LogP contribution in [-0.4, -0.2) is 11.5 Å². The number of hydrogen-bond donors (Lipinski definition) is 0. The molecule has 0 bridgehead atoms. The van der Waals surface area contributed by atoms with Gasteiger partial charge in [-0.05, 0) is 48.9 Å². The molecule has 138 valence electrons. The molecule has 0 aliphatic rings. The first kappa shape index (κ1) is 18.3. The van der Waals surface area contributed by atoms with Crippen LogP contribution in [0.1, 0.15) is 12.5 Å². The predicted octanol–water partition coefficient (Wildman–Crippen LogP) is 5.36. The lowest BCUT2D eigenvalue weighted by Gasteiger charge is -2.10. The van der Waals surface area contributed by atoms with Crippen LogP contribution in [0.3, 0.4) is 0 Å². The molecular weight excluding hydrogens is 346 g/mol. The molecule has 0 heterocycles. The highest BCUT2D eigenvalue weighted by Gasteiger charge is 2.17. The molecule has 0 amide bonds. The second-order valence-electron chi connectivity index (χ2n) is 5.67. The van der Waals surface area contributed by atoms with Gasteiger partial charge in [-0.3, -0.25) is 10.1 Å². The van der Waals surface area contributed by atoms with Gasteiger partial charge in [0, 0.05) is 0 Å². The summed E-state index contributed by atoms with van der Waals surface area (Å²) in [5, 5.41) is 11.3. The Morgan fingerprint density at radius 3 is 2.19 bits per heavy atom. The number of nitro benzene ring substituents is 1. The van der Waals surface area contributed by atoms with Crippen LogP contribution < -0.4 is 14.2 Å². The van der Waals surface area contributed by atoms with Crippen LogP contribution in [0.4, 0.5) is 5.69 Å². The van der Waals surface area contributed by atoms with E-state index in [1.165, 1.54) is 12.1 Å². The third-order valence-electron chi connectivity index (χ3n) is 3.74. The lowest BCUT2D eigenvalue weighted by atomic mass is 10.2. The van der Waals surface area contributed by atoms with Crippen LogP contribution in [0.25, 0.3) is 0 Å².